The number of carbonyl (C=O) groups is 1. The average molecular weight is 274 g/mol. The van der Waals surface area contributed by atoms with Gasteiger partial charge in [-0.1, -0.05) is 18.5 Å². The molecule has 0 aliphatic carbocycles. The van der Waals surface area contributed by atoms with Crippen molar-refractivity contribution < 1.29 is 19.2 Å². The Morgan fingerprint density at radius 3 is 2.78 bits per heavy atom. The van der Waals surface area contributed by atoms with Gasteiger partial charge in [0.1, 0.15) is 6.61 Å². The summed E-state index contributed by atoms with van der Waals surface area (Å²) < 4.78 is 9.07. The first kappa shape index (κ1) is 14.2. The first-order valence-corrected chi connectivity index (χ1v) is 5.48. The minimum Gasteiger partial charge on any atom is -0.438 e. The first-order chi connectivity index (χ1) is 8.45. The molecule has 98 valence electrons. The van der Waals surface area contributed by atoms with Gasteiger partial charge in [0, 0.05) is 22.6 Å². The lowest BCUT2D eigenvalue weighted by Gasteiger charge is -2.12. The molecule has 1 atom stereocenters. The molecule has 18 heavy (non-hydrogen) atoms. The molecule has 1 aromatic rings. The van der Waals surface area contributed by atoms with Gasteiger partial charge in [0.25, 0.3) is 5.69 Å². The van der Waals surface area contributed by atoms with E-state index in [2.05, 4.69) is 4.74 Å². The molecule has 7 heteroatoms. The second-order valence-electron chi connectivity index (χ2n) is 3.63. The maximum Gasteiger partial charge on any atom is 0.507 e. The van der Waals surface area contributed by atoms with E-state index in [1.165, 1.54) is 25.3 Å². The zero-order chi connectivity index (χ0) is 13.7. The highest BCUT2D eigenvalue weighted by Gasteiger charge is 2.20. The fourth-order valence-corrected chi connectivity index (χ4v) is 1.61. The summed E-state index contributed by atoms with van der Waals surface area (Å²) >= 11 is 5.80. The molecule has 1 rings (SSSR count). The number of benzene rings is 1. The van der Waals surface area contributed by atoms with E-state index in [0.717, 1.165) is 0 Å². The van der Waals surface area contributed by atoms with Gasteiger partial charge in [-0.05, 0) is 12.1 Å². The van der Waals surface area contributed by atoms with Crippen molar-refractivity contribution in [1.82, 2.24) is 0 Å². The van der Waals surface area contributed by atoms with Crippen LogP contribution >= 0.6 is 11.6 Å². The van der Waals surface area contributed by atoms with Crippen LogP contribution in [-0.4, -0.2) is 24.8 Å². The van der Waals surface area contributed by atoms with E-state index in [1.54, 1.807) is 6.92 Å². The van der Waals surface area contributed by atoms with Gasteiger partial charge < -0.3 is 9.47 Å². The summed E-state index contributed by atoms with van der Waals surface area (Å²) in [5.74, 6) is -0.358. The van der Waals surface area contributed by atoms with Gasteiger partial charge in [0.05, 0.1) is 12.0 Å². The molecule has 0 N–H and O–H groups in total. The number of nitrogens with zero attached hydrogens (tertiary/aromatic N) is 1. The molecular weight excluding hydrogens is 262 g/mol. The Morgan fingerprint density at radius 2 is 2.22 bits per heavy atom. The van der Waals surface area contributed by atoms with Crippen LogP contribution in [0.3, 0.4) is 0 Å². The van der Waals surface area contributed by atoms with Crippen molar-refractivity contribution in [2.24, 2.45) is 0 Å². The van der Waals surface area contributed by atoms with E-state index in [0.29, 0.717) is 10.6 Å². The third kappa shape index (κ3) is 3.59. The summed E-state index contributed by atoms with van der Waals surface area (Å²) in [7, 11) is 1.19. The van der Waals surface area contributed by atoms with Crippen molar-refractivity contribution in [3.05, 3.63) is 38.9 Å². The molecule has 0 aliphatic rings. The van der Waals surface area contributed by atoms with Crippen LogP contribution in [-0.2, 0) is 9.47 Å². The minimum atomic E-state index is -0.827. The smallest absolute Gasteiger partial charge is 0.438 e. The van der Waals surface area contributed by atoms with E-state index < -0.39 is 11.1 Å². The zero-order valence-electron chi connectivity index (χ0n) is 9.88. The first-order valence-electron chi connectivity index (χ1n) is 5.10. The quantitative estimate of drug-likeness (QED) is 0.478. The van der Waals surface area contributed by atoms with Gasteiger partial charge in [-0.15, -0.1) is 0 Å². The minimum absolute atomic E-state index is 0.0200. The van der Waals surface area contributed by atoms with E-state index in [9.17, 15) is 14.9 Å². The van der Waals surface area contributed by atoms with E-state index >= 15 is 0 Å². The van der Waals surface area contributed by atoms with Gasteiger partial charge in [-0.25, -0.2) is 4.79 Å². The maximum atomic E-state index is 10.9. The van der Waals surface area contributed by atoms with Crippen molar-refractivity contribution in [3.63, 3.8) is 0 Å². The number of halogens is 1. The van der Waals surface area contributed by atoms with Crippen LogP contribution in [0.5, 0.6) is 0 Å². The third-order valence-electron chi connectivity index (χ3n) is 2.34. The summed E-state index contributed by atoms with van der Waals surface area (Å²) in [5, 5.41) is 11.3. The summed E-state index contributed by atoms with van der Waals surface area (Å²) in [6.07, 6.45) is -0.827. The van der Waals surface area contributed by atoms with Crippen LogP contribution in [0.25, 0.3) is 0 Å². The van der Waals surface area contributed by atoms with Gasteiger partial charge in [0.2, 0.25) is 0 Å². The molecule has 1 unspecified atom stereocenters. The van der Waals surface area contributed by atoms with Crippen molar-refractivity contribution in [3.8, 4) is 0 Å². The average Bonchev–Trinajstić information content (AvgIpc) is 2.34. The van der Waals surface area contributed by atoms with Crippen LogP contribution < -0.4 is 0 Å². The predicted molar refractivity (Wildman–Crippen MR) is 64.9 cm³/mol. The topological polar surface area (TPSA) is 78.7 Å². The number of hydrogen-bond acceptors (Lipinski definition) is 5. The predicted octanol–water partition coefficient (Wildman–Crippen LogP) is 3.13. The monoisotopic (exact) mass is 273 g/mol. The molecule has 0 aromatic heterocycles. The Morgan fingerprint density at radius 1 is 1.56 bits per heavy atom. The van der Waals surface area contributed by atoms with Crippen LogP contribution in [0.2, 0.25) is 5.02 Å². The fourth-order valence-electron chi connectivity index (χ4n) is 1.43. The Labute approximate surface area is 109 Å². The molecule has 6 nitrogen and oxygen atoms in total. The number of nitro groups is 1. The van der Waals surface area contributed by atoms with Gasteiger partial charge in [0.15, 0.2) is 0 Å². The molecule has 0 saturated heterocycles. The number of hydrogen-bond donors (Lipinski definition) is 0. The molecule has 0 spiro atoms. The molecule has 0 saturated carbocycles. The number of ether oxygens (including phenoxy) is 2. The highest BCUT2D eigenvalue weighted by molar-refractivity contribution is 6.30. The Hall–Kier alpha value is -1.82. The summed E-state index contributed by atoms with van der Waals surface area (Å²) in [6, 6.07) is 4.26. The largest absolute Gasteiger partial charge is 0.507 e. The molecule has 1 aromatic carbocycles. The lowest BCUT2D eigenvalue weighted by atomic mass is 10.0. The van der Waals surface area contributed by atoms with Gasteiger partial charge in [-0.2, -0.15) is 0 Å². The van der Waals surface area contributed by atoms with Crippen LogP contribution in [0.4, 0.5) is 10.5 Å². The lowest BCUT2D eigenvalue weighted by Crippen LogP contribution is -2.12. The number of carbonyl (C=O) groups excluding carboxylic acids is 1. The van der Waals surface area contributed by atoms with Crippen molar-refractivity contribution in [2.75, 3.05) is 13.7 Å². The van der Waals surface area contributed by atoms with E-state index in [-0.39, 0.29) is 18.2 Å². The van der Waals surface area contributed by atoms with Crippen molar-refractivity contribution in [2.45, 2.75) is 12.8 Å². The fraction of sp³-hybridized carbons (Fsp3) is 0.364. The summed E-state index contributed by atoms with van der Waals surface area (Å²) in [6.45, 7) is 1.68. The summed E-state index contributed by atoms with van der Waals surface area (Å²) in [4.78, 5) is 21.2. The molecule has 0 fully saturated rings. The normalized spacial score (nSPS) is 11.7. The van der Waals surface area contributed by atoms with Crippen LogP contribution in [0.15, 0.2) is 18.2 Å². The number of methoxy groups -OCH3 is 1. The third-order valence-corrected chi connectivity index (χ3v) is 2.57. The Bertz CT molecular complexity index is 463. The molecule has 0 heterocycles. The SMILES string of the molecule is COC(=O)OCC(C)c1cc(Cl)ccc1[N+](=O)[O-]. The number of rotatable bonds is 4. The molecule has 0 amide bonds. The lowest BCUT2D eigenvalue weighted by molar-refractivity contribution is -0.385. The van der Waals surface area contributed by atoms with Crippen LogP contribution in [0, 0.1) is 10.1 Å². The Kier molecular flexibility index (Phi) is 4.91. The van der Waals surface area contributed by atoms with Crippen molar-refractivity contribution in [1.29, 1.82) is 0 Å². The molecule has 0 radical (unpaired) electrons. The number of nitro benzene ring substituents is 1. The van der Waals surface area contributed by atoms with E-state index in [1.807, 2.05) is 0 Å². The highest BCUT2D eigenvalue weighted by atomic mass is 35.5. The Balaban J connectivity index is 2.89. The zero-order valence-corrected chi connectivity index (χ0v) is 10.6. The second-order valence-corrected chi connectivity index (χ2v) is 4.06. The molecule has 0 bridgehead atoms. The molecule has 0 aliphatic heterocycles. The second kappa shape index (κ2) is 6.20. The molecular formula is C11H12ClNO5. The maximum absolute atomic E-state index is 10.9. The van der Waals surface area contributed by atoms with Gasteiger partial charge >= 0.3 is 6.16 Å². The summed E-state index contributed by atoms with van der Waals surface area (Å²) in [5.41, 5.74) is 0.358. The van der Waals surface area contributed by atoms with Crippen LogP contribution in [0.1, 0.15) is 18.4 Å². The standard InChI is InChI=1S/C11H12ClNO5/c1-7(6-18-11(14)17-2)9-5-8(12)3-4-10(9)13(15)16/h3-5,7H,6H2,1-2H3. The van der Waals surface area contributed by atoms with Crippen molar-refractivity contribution >= 4 is 23.4 Å². The van der Waals surface area contributed by atoms with Gasteiger partial charge in [-0.3, -0.25) is 10.1 Å². The van der Waals surface area contributed by atoms with E-state index in [4.69, 9.17) is 16.3 Å². The highest BCUT2D eigenvalue weighted by Crippen LogP contribution is 2.29.